The number of ether oxygens (including phenoxy) is 1. The number of hydrogen-bond acceptors (Lipinski definition) is 7. The summed E-state index contributed by atoms with van der Waals surface area (Å²) in [5.41, 5.74) is 0.264. The molecule has 0 aliphatic carbocycles. The largest absolute Gasteiger partial charge is 0.465 e. The van der Waals surface area contributed by atoms with Gasteiger partial charge in [0.25, 0.3) is 0 Å². The average molecular weight is 358 g/mol. The summed E-state index contributed by atoms with van der Waals surface area (Å²) in [4.78, 5) is 11.2. The second-order valence-electron chi connectivity index (χ2n) is 3.90. The van der Waals surface area contributed by atoms with Crippen LogP contribution in [0.3, 0.4) is 0 Å². The van der Waals surface area contributed by atoms with Crippen molar-refractivity contribution >= 4 is 39.0 Å². The third-order valence-corrected chi connectivity index (χ3v) is 5.13. The number of esters is 1. The summed E-state index contributed by atoms with van der Waals surface area (Å²) in [5.74, 6) is -0.911. The normalized spacial score (nSPS) is 10.8. The Bertz CT molecular complexity index is 867. The van der Waals surface area contributed by atoms with Crippen LogP contribution in [0.1, 0.15) is 15.2 Å². The first-order valence-electron chi connectivity index (χ1n) is 5.69. The van der Waals surface area contributed by atoms with Crippen LogP contribution < -0.4 is 4.18 Å². The Morgan fingerprint density at radius 3 is 2.68 bits per heavy atom. The van der Waals surface area contributed by atoms with Gasteiger partial charge in [-0.05, 0) is 29.6 Å². The van der Waals surface area contributed by atoms with Crippen molar-refractivity contribution in [2.45, 2.75) is 4.90 Å². The maximum Gasteiger partial charge on any atom is 0.349 e. The molecule has 0 aliphatic heterocycles. The summed E-state index contributed by atoms with van der Waals surface area (Å²) in [5, 5.41) is 10.1. The lowest BCUT2D eigenvalue weighted by atomic mass is 10.2. The average Bonchev–Trinajstić information content (AvgIpc) is 2.98. The molecule has 2 rings (SSSR count). The molecule has 0 fully saturated rings. The minimum atomic E-state index is -4.26. The molecule has 22 heavy (non-hydrogen) atoms. The number of hydrogen-bond donors (Lipinski definition) is 0. The maximum absolute atomic E-state index is 12.3. The van der Waals surface area contributed by atoms with Gasteiger partial charge in [-0.2, -0.15) is 13.7 Å². The summed E-state index contributed by atoms with van der Waals surface area (Å²) >= 11 is 6.80. The van der Waals surface area contributed by atoms with E-state index >= 15 is 0 Å². The number of nitriles is 1. The van der Waals surface area contributed by atoms with E-state index in [1.807, 2.05) is 6.07 Å². The van der Waals surface area contributed by atoms with Gasteiger partial charge in [0, 0.05) is 0 Å². The molecule has 1 aromatic heterocycles. The molecule has 2 aromatic rings. The van der Waals surface area contributed by atoms with Crippen LogP contribution in [0.2, 0.25) is 5.02 Å². The molecule has 0 saturated carbocycles. The Balaban J connectivity index is 2.39. The Kier molecular flexibility index (Phi) is 4.71. The highest BCUT2D eigenvalue weighted by molar-refractivity contribution is 7.87. The van der Waals surface area contributed by atoms with Gasteiger partial charge in [0.2, 0.25) is 0 Å². The molecule has 9 heteroatoms. The van der Waals surface area contributed by atoms with Gasteiger partial charge in [0.05, 0.1) is 23.8 Å². The summed E-state index contributed by atoms with van der Waals surface area (Å²) in [6.07, 6.45) is 0. The Hall–Kier alpha value is -2.08. The van der Waals surface area contributed by atoms with E-state index < -0.39 is 16.1 Å². The molecule has 114 valence electrons. The number of rotatable bonds is 4. The fourth-order valence-electron chi connectivity index (χ4n) is 1.54. The van der Waals surface area contributed by atoms with Crippen molar-refractivity contribution in [3.8, 4) is 11.8 Å². The van der Waals surface area contributed by atoms with E-state index in [1.165, 1.54) is 29.6 Å². The maximum atomic E-state index is 12.3. The fourth-order valence-corrected chi connectivity index (χ4v) is 4.06. The summed E-state index contributed by atoms with van der Waals surface area (Å²) in [6, 6.07) is 7.02. The molecular formula is C13H8ClNO5S2. The summed E-state index contributed by atoms with van der Waals surface area (Å²) in [6.45, 7) is 0. The van der Waals surface area contributed by atoms with Crippen LogP contribution >= 0.6 is 22.9 Å². The highest BCUT2D eigenvalue weighted by Gasteiger charge is 2.27. The van der Waals surface area contributed by atoms with Gasteiger partial charge in [0.1, 0.15) is 9.77 Å². The lowest BCUT2D eigenvalue weighted by Gasteiger charge is -2.08. The van der Waals surface area contributed by atoms with Gasteiger partial charge < -0.3 is 8.92 Å². The molecule has 6 nitrogen and oxygen atoms in total. The van der Waals surface area contributed by atoms with Crippen LogP contribution in [-0.4, -0.2) is 21.5 Å². The predicted molar refractivity (Wildman–Crippen MR) is 79.6 cm³/mol. The number of halogens is 1. The van der Waals surface area contributed by atoms with Crippen LogP contribution in [-0.2, 0) is 14.9 Å². The first-order valence-corrected chi connectivity index (χ1v) is 8.35. The number of carbonyl (C=O) groups is 1. The molecule has 0 saturated heterocycles. The van der Waals surface area contributed by atoms with Gasteiger partial charge in [-0.15, -0.1) is 11.3 Å². The van der Waals surface area contributed by atoms with Crippen LogP contribution in [0.25, 0.3) is 0 Å². The van der Waals surface area contributed by atoms with E-state index in [2.05, 4.69) is 4.74 Å². The van der Waals surface area contributed by atoms with Crippen molar-refractivity contribution in [2.75, 3.05) is 7.11 Å². The second-order valence-corrected chi connectivity index (χ2v) is 6.74. The van der Waals surface area contributed by atoms with Crippen LogP contribution in [0.4, 0.5) is 0 Å². The molecule has 1 heterocycles. The molecule has 0 aliphatic rings. The standard InChI is InChI=1S/C13H8ClNO5S2/c1-19-13(16)12-11(4-5-21-12)22(17,18)20-10-3-2-8(7-15)6-9(10)14/h2-6H,1H3. The van der Waals surface area contributed by atoms with Crippen molar-refractivity contribution < 1.29 is 22.1 Å². The van der Waals surface area contributed by atoms with E-state index in [1.54, 1.807) is 0 Å². The van der Waals surface area contributed by atoms with Crippen molar-refractivity contribution in [2.24, 2.45) is 0 Å². The Morgan fingerprint density at radius 1 is 1.36 bits per heavy atom. The topological polar surface area (TPSA) is 93.5 Å². The molecular weight excluding hydrogens is 350 g/mol. The molecule has 1 aromatic carbocycles. The minimum absolute atomic E-state index is 0.0301. The summed E-state index contributed by atoms with van der Waals surface area (Å²) in [7, 11) is -3.11. The minimum Gasteiger partial charge on any atom is -0.465 e. The predicted octanol–water partition coefficient (Wildman–Crippen LogP) is 2.83. The first-order chi connectivity index (χ1) is 10.4. The first kappa shape index (κ1) is 16.3. The Morgan fingerprint density at radius 2 is 2.09 bits per heavy atom. The SMILES string of the molecule is COC(=O)c1sccc1S(=O)(=O)Oc1ccc(C#N)cc1Cl. The van der Waals surface area contributed by atoms with Crippen molar-refractivity contribution in [3.63, 3.8) is 0 Å². The van der Waals surface area contributed by atoms with Gasteiger partial charge >= 0.3 is 16.1 Å². The van der Waals surface area contributed by atoms with E-state index in [-0.39, 0.29) is 26.1 Å². The van der Waals surface area contributed by atoms with Crippen LogP contribution in [0.15, 0.2) is 34.5 Å². The molecule has 0 amide bonds. The van der Waals surface area contributed by atoms with E-state index in [4.69, 9.17) is 21.0 Å². The van der Waals surface area contributed by atoms with E-state index in [9.17, 15) is 13.2 Å². The highest BCUT2D eigenvalue weighted by Crippen LogP contribution is 2.30. The van der Waals surface area contributed by atoms with Crippen molar-refractivity contribution in [3.05, 3.63) is 45.1 Å². The third-order valence-electron chi connectivity index (χ3n) is 2.53. The van der Waals surface area contributed by atoms with E-state index in [0.717, 1.165) is 18.4 Å². The lowest BCUT2D eigenvalue weighted by molar-refractivity contribution is 0.0602. The highest BCUT2D eigenvalue weighted by atomic mass is 35.5. The van der Waals surface area contributed by atoms with Crippen molar-refractivity contribution in [1.82, 2.24) is 0 Å². The van der Waals surface area contributed by atoms with Gasteiger partial charge in [-0.3, -0.25) is 0 Å². The zero-order valence-corrected chi connectivity index (χ0v) is 13.5. The number of methoxy groups -OCH3 is 1. The summed E-state index contributed by atoms with van der Waals surface area (Å²) < 4.78 is 34.0. The lowest BCUT2D eigenvalue weighted by Crippen LogP contribution is -2.13. The quantitative estimate of drug-likeness (QED) is 0.617. The molecule has 0 unspecified atom stereocenters. The third kappa shape index (κ3) is 3.22. The fraction of sp³-hybridized carbons (Fsp3) is 0.0769. The van der Waals surface area contributed by atoms with Crippen molar-refractivity contribution in [1.29, 1.82) is 5.26 Å². The number of carbonyl (C=O) groups excluding carboxylic acids is 1. The van der Waals surface area contributed by atoms with Gasteiger partial charge in [-0.1, -0.05) is 11.6 Å². The number of benzene rings is 1. The zero-order valence-electron chi connectivity index (χ0n) is 11.1. The van der Waals surface area contributed by atoms with Gasteiger partial charge in [0.15, 0.2) is 5.75 Å². The monoisotopic (exact) mass is 357 g/mol. The molecule has 0 atom stereocenters. The molecule has 0 radical (unpaired) electrons. The van der Waals surface area contributed by atoms with Crippen LogP contribution in [0, 0.1) is 11.3 Å². The van der Waals surface area contributed by atoms with E-state index in [0.29, 0.717) is 0 Å². The molecule has 0 N–H and O–H groups in total. The zero-order chi connectivity index (χ0) is 16.3. The smallest absolute Gasteiger partial charge is 0.349 e. The van der Waals surface area contributed by atoms with Gasteiger partial charge in [-0.25, -0.2) is 4.79 Å². The number of nitrogens with zero attached hydrogens (tertiary/aromatic N) is 1. The second kappa shape index (κ2) is 6.36. The number of thiophene rings is 1. The van der Waals surface area contributed by atoms with Crippen LogP contribution in [0.5, 0.6) is 5.75 Å². The molecule has 0 spiro atoms. The molecule has 0 bridgehead atoms. The Labute approximate surface area is 135 Å².